The molecule has 1 unspecified atom stereocenters. The number of allylic oxidation sites excluding steroid dienone is 4. The summed E-state index contributed by atoms with van der Waals surface area (Å²) in [5.41, 5.74) is 1.33. The van der Waals surface area contributed by atoms with Crippen LogP contribution in [0.4, 0.5) is 0 Å². The molecule has 0 amide bonds. The third-order valence-electron chi connectivity index (χ3n) is 2.65. The van der Waals surface area contributed by atoms with E-state index in [0.29, 0.717) is 11.3 Å². The van der Waals surface area contributed by atoms with Gasteiger partial charge in [-0.1, -0.05) is 39.8 Å². The minimum atomic E-state index is -0.409. The van der Waals surface area contributed by atoms with Crippen molar-refractivity contribution in [3.05, 3.63) is 23.8 Å². The highest BCUT2D eigenvalue weighted by molar-refractivity contribution is 6.66. The molecule has 0 rings (SSSR count). The lowest BCUT2D eigenvalue weighted by Crippen LogP contribution is -2.07. The quantitative estimate of drug-likeness (QED) is 0.367. The van der Waals surface area contributed by atoms with E-state index in [1.54, 1.807) is 0 Å². The van der Waals surface area contributed by atoms with E-state index in [4.69, 9.17) is 11.6 Å². The number of hydrogen-bond donors (Lipinski definition) is 0. The molecule has 0 bridgehead atoms. The summed E-state index contributed by atoms with van der Waals surface area (Å²) in [4.78, 5) is 10.6. The van der Waals surface area contributed by atoms with Gasteiger partial charge in [-0.25, -0.2) is 0 Å². The molecule has 0 heterocycles. The molecule has 0 aliphatic heterocycles. The predicted molar refractivity (Wildman–Crippen MR) is 76.2 cm³/mol. The first-order valence-electron chi connectivity index (χ1n) is 6.25. The normalized spacial score (nSPS) is 15.3. The molecule has 98 valence electrons. The van der Waals surface area contributed by atoms with Crippen LogP contribution in [0.5, 0.6) is 0 Å². The minimum Gasteiger partial charge on any atom is -0.276 e. The van der Waals surface area contributed by atoms with Crippen molar-refractivity contribution in [3.63, 3.8) is 0 Å². The van der Waals surface area contributed by atoms with Gasteiger partial charge in [0.15, 0.2) is 0 Å². The molecule has 0 aromatic carbocycles. The Bertz CT molecular complexity index is 295. The van der Waals surface area contributed by atoms with Gasteiger partial charge < -0.3 is 0 Å². The summed E-state index contributed by atoms with van der Waals surface area (Å²) >= 11 is 5.26. The molecule has 2 heteroatoms. The van der Waals surface area contributed by atoms with Crippen molar-refractivity contribution in [2.24, 2.45) is 11.3 Å². The van der Waals surface area contributed by atoms with Crippen LogP contribution in [-0.2, 0) is 4.79 Å². The minimum absolute atomic E-state index is 0.409. The third-order valence-corrected chi connectivity index (χ3v) is 2.76. The number of rotatable bonds is 6. The smallest absolute Gasteiger partial charge is 0.245 e. The van der Waals surface area contributed by atoms with Gasteiger partial charge in [-0.05, 0) is 54.7 Å². The van der Waals surface area contributed by atoms with Crippen LogP contribution >= 0.6 is 11.6 Å². The van der Waals surface area contributed by atoms with Gasteiger partial charge in [0.05, 0.1) is 0 Å². The highest BCUT2D eigenvalue weighted by Crippen LogP contribution is 2.24. The lowest BCUT2D eigenvalue weighted by atomic mass is 9.86. The van der Waals surface area contributed by atoms with Crippen LogP contribution in [0.15, 0.2) is 23.8 Å². The van der Waals surface area contributed by atoms with Gasteiger partial charge in [0.2, 0.25) is 5.24 Å². The first-order valence-corrected chi connectivity index (χ1v) is 6.63. The van der Waals surface area contributed by atoms with Crippen LogP contribution in [0.1, 0.15) is 53.9 Å². The maximum atomic E-state index is 10.6. The zero-order valence-corrected chi connectivity index (χ0v) is 12.5. The van der Waals surface area contributed by atoms with Crippen LogP contribution < -0.4 is 0 Å². The van der Waals surface area contributed by atoms with Crippen molar-refractivity contribution < 1.29 is 4.79 Å². The van der Waals surface area contributed by atoms with Crippen LogP contribution in [0.25, 0.3) is 0 Å². The molecule has 0 saturated heterocycles. The van der Waals surface area contributed by atoms with E-state index >= 15 is 0 Å². The predicted octanol–water partition coefficient (Wildman–Crippen LogP) is 5.11. The van der Waals surface area contributed by atoms with E-state index in [1.165, 1.54) is 18.9 Å². The maximum absolute atomic E-state index is 10.6. The number of carbonyl (C=O) groups is 1. The summed E-state index contributed by atoms with van der Waals surface area (Å²) in [6.07, 6.45) is 9.07. The Morgan fingerprint density at radius 3 is 2.41 bits per heavy atom. The molecule has 0 aliphatic carbocycles. The van der Waals surface area contributed by atoms with Crippen LogP contribution in [0.2, 0.25) is 0 Å². The number of hydrogen-bond acceptors (Lipinski definition) is 1. The summed E-state index contributed by atoms with van der Waals surface area (Å²) in [6.45, 7) is 11.0. The third kappa shape index (κ3) is 11.7. The van der Waals surface area contributed by atoms with Gasteiger partial charge in [-0.15, -0.1) is 0 Å². The fourth-order valence-electron chi connectivity index (χ4n) is 1.51. The highest BCUT2D eigenvalue weighted by Gasteiger charge is 2.11. The topological polar surface area (TPSA) is 17.1 Å². The molecule has 1 nitrogen and oxygen atoms in total. The fraction of sp³-hybridized carbons (Fsp3) is 0.667. The molecular weight excluding hydrogens is 232 g/mol. The summed E-state index contributed by atoms with van der Waals surface area (Å²) in [5, 5.41) is -0.409. The van der Waals surface area contributed by atoms with Gasteiger partial charge in [0.25, 0.3) is 0 Å². The average Bonchev–Trinajstić information content (AvgIpc) is 2.12. The van der Waals surface area contributed by atoms with E-state index in [2.05, 4.69) is 33.8 Å². The standard InChI is InChI=1S/C15H25ClO/c1-12(9-10-15(3,4)5)7-6-8-13(2)11-14(16)17/h6,8,11-12H,7,9-10H2,1-5H3/b8-6+,13-11+. The Balaban J connectivity index is 3.95. The highest BCUT2D eigenvalue weighted by atomic mass is 35.5. The molecule has 0 N–H and O–H groups in total. The molecule has 0 aromatic heterocycles. The zero-order valence-electron chi connectivity index (χ0n) is 11.7. The summed E-state index contributed by atoms with van der Waals surface area (Å²) in [5.74, 6) is 0.685. The molecule has 1 atom stereocenters. The zero-order chi connectivity index (χ0) is 13.5. The van der Waals surface area contributed by atoms with Crippen LogP contribution in [0.3, 0.4) is 0 Å². The molecule has 0 fully saturated rings. The van der Waals surface area contributed by atoms with E-state index in [1.807, 2.05) is 13.0 Å². The molecule has 0 spiro atoms. The maximum Gasteiger partial charge on any atom is 0.245 e. The van der Waals surface area contributed by atoms with Gasteiger partial charge in [-0.3, -0.25) is 4.79 Å². The first kappa shape index (κ1) is 16.4. The number of halogens is 1. The van der Waals surface area contributed by atoms with E-state index in [-0.39, 0.29) is 0 Å². The lowest BCUT2D eigenvalue weighted by Gasteiger charge is -2.20. The molecule has 0 saturated carbocycles. The second kappa shape index (κ2) is 7.71. The second-order valence-electron chi connectivity index (χ2n) is 6.04. The molecular formula is C15H25ClO. The van der Waals surface area contributed by atoms with E-state index < -0.39 is 5.24 Å². The van der Waals surface area contributed by atoms with Crippen molar-refractivity contribution >= 4 is 16.8 Å². The van der Waals surface area contributed by atoms with Gasteiger partial charge in [-0.2, -0.15) is 0 Å². The molecule has 0 aromatic rings. The van der Waals surface area contributed by atoms with Crippen LogP contribution in [0, 0.1) is 11.3 Å². The summed E-state index contributed by atoms with van der Waals surface area (Å²) < 4.78 is 0. The Labute approximate surface area is 111 Å². The van der Waals surface area contributed by atoms with E-state index in [0.717, 1.165) is 12.0 Å². The second-order valence-corrected chi connectivity index (χ2v) is 6.41. The van der Waals surface area contributed by atoms with E-state index in [9.17, 15) is 4.79 Å². The average molecular weight is 257 g/mol. The molecule has 17 heavy (non-hydrogen) atoms. The Morgan fingerprint density at radius 2 is 1.94 bits per heavy atom. The largest absolute Gasteiger partial charge is 0.276 e. The van der Waals surface area contributed by atoms with Crippen molar-refractivity contribution in [3.8, 4) is 0 Å². The SMILES string of the molecule is CC(/C=C/CC(C)CCC(C)(C)C)=C\C(=O)Cl. The monoisotopic (exact) mass is 256 g/mol. The molecule has 0 radical (unpaired) electrons. The van der Waals surface area contributed by atoms with Gasteiger partial charge >= 0.3 is 0 Å². The van der Waals surface area contributed by atoms with Crippen molar-refractivity contribution in [1.29, 1.82) is 0 Å². The Hall–Kier alpha value is -0.560. The lowest BCUT2D eigenvalue weighted by molar-refractivity contribution is -0.107. The van der Waals surface area contributed by atoms with Crippen molar-refractivity contribution in [2.45, 2.75) is 53.9 Å². The number of carbonyl (C=O) groups excluding carboxylic acids is 1. The van der Waals surface area contributed by atoms with Crippen molar-refractivity contribution in [1.82, 2.24) is 0 Å². The Kier molecular flexibility index (Phi) is 7.45. The van der Waals surface area contributed by atoms with Crippen molar-refractivity contribution in [2.75, 3.05) is 0 Å². The first-order chi connectivity index (χ1) is 7.70. The van der Waals surface area contributed by atoms with Crippen LogP contribution in [-0.4, -0.2) is 5.24 Å². The fourth-order valence-corrected chi connectivity index (χ4v) is 1.68. The van der Waals surface area contributed by atoms with Gasteiger partial charge in [0, 0.05) is 6.08 Å². The Morgan fingerprint density at radius 1 is 1.35 bits per heavy atom. The van der Waals surface area contributed by atoms with Gasteiger partial charge in [0.1, 0.15) is 0 Å². The summed E-state index contributed by atoms with van der Waals surface area (Å²) in [6, 6.07) is 0. The molecule has 0 aliphatic rings. The summed E-state index contributed by atoms with van der Waals surface area (Å²) in [7, 11) is 0.